The topological polar surface area (TPSA) is 42.5 Å². The average Bonchev–Trinajstić information content (AvgIpc) is 2.21. The van der Waals surface area contributed by atoms with Gasteiger partial charge in [0.2, 0.25) is 0 Å². The van der Waals surface area contributed by atoms with Crippen LogP contribution < -0.4 is 10.6 Å². The minimum absolute atomic E-state index is 0.156. The van der Waals surface area contributed by atoms with Crippen molar-refractivity contribution in [3.05, 3.63) is 0 Å². The van der Waals surface area contributed by atoms with E-state index in [1.54, 1.807) is 14.2 Å². The van der Waals surface area contributed by atoms with Gasteiger partial charge in [-0.15, -0.1) is 0 Å². The van der Waals surface area contributed by atoms with Crippen molar-refractivity contribution in [2.24, 2.45) is 0 Å². The Morgan fingerprint density at radius 2 is 2.07 bits per heavy atom. The largest absolute Gasteiger partial charge is 0.354 e. The van der Waals surface area contributed by atoms with E-state index < -0.39 is 0 Å². The maximum Gasteiger partial charge on any atom is 0.171 e. The third-order valence-corrected chi connectivity index (χ3v) is 2.67. The molecule has 0 saturated carbocycles. The Labute approximate surface area is 86.3 Å². The summed E-state index contributed by atoms with van der Waals surface area (Å²) < 4.78 is 10.4. The Kier molecular flexibility index (Phi) is 5.40. The zero-order valence-corrected chi connectivity index (χ0v) is 9.38. The molecule has 1 aliphatic heterocycles. The van der Waals surface area contributed by atoms with E-state index in [-0.39, 0.29) is 12.3 Å². The maximum absolute atomic E-state index is 5.20. The van der Waals surface area contributed by atoms with E-state index in [0.29, 0.717) is 6.04 Å². The molecule has 0 radical (unpaired) electrons. The molecular formula is C10H22N2O2. The number of ether oxygens (including phenoxy) is 2. The van der Waals surface area contributed by atoms with Gasteiger partial charge in [0.15, 0.2) is 6.29 Å². The first-order valence-electron chi connectivity index (χ1n) is 5.30. The molecule has 0 bridgehead atoms. The van der Waals surface area contributed by atoms with Crippen LogP contribution in [0.2, 0.25) is 0 Å². The second-order valence-electron chi connectivity index (χ2n) is 3.84. The van der Waals surface area contributed by atoms with Crippen molar-refractivity contribution in [2.45, 2.75) is 38.1 Å². The lowest BCUT2D eigenvalue weighted by Gasteiger charge is -2.30. The predicted octanol–water partition coefficient (Wildman–Crippen LogP) is 0.335. The molecule has 1 fully saturated rings. The molecule has 2 atom stereocenters. The summed E-state index contributed by atoms with van der Waals surface area (Å²) in [4.78, 5) is 0. The number of methoxy groups -OCH3 is 2. The monoisotopic (exact) mass is 202 g/mol. The average molecular weight is 202 g/mol. The standard InChI is InChI=1S/C10H22N2O2/c1-8(10(13-2)14-3)12-9-5-4-6-11-7-9/h8-12H,4-7H2,1-3H3. The van der Waals surface area contributed by atoms with Crippen LogP contribution in [-0.2, 0) is 9.47 Å². The molecule has 2 unspecified atom stereocenters. The lowest BCUT2D eigenvalue weighted by atomic mass is 10.1. The number of hydrogen-bond acceptors (Lipinski definition) is 4. The summed E-state index contributed by atoms with van der Waals surface area (Å²) in [5.74, 6) is 0. The van der Waals surface area contributed by atoms with Crippen LogP contribution in [0.3, 0.4) is 0 Å². The Balaban J connectivity index is 2.26. The molecule has 1 rings (SSSR count). The smallest absolute Gasteiger partial charge is 0.171 e. The molecule has 2 N–H and O–H groups in total. The van der Waals surface area contributed by atoms with Crippen LogP contribution in [-0.4, -0.2) is 45.7 Å². The van der Waals surface area contributed by atoms with E-state index in [1.165, 1.54) is 12.8 Å². The van der Waals surface area contributed by atoms with Gasteiger partial charge in [0.1, 0.15) is 0 Å². The van der Waals surface area contributed by atoms with Crippen LogP contribution in [0.5, 0.6) is 0 Å². The van der Waals surface area contributed by atoms with Crippen molar-refractivity contribution in [3.63, 3.8) is 0 Å². The maximum atomic E-state index is 5.20. The highest BCUT2D eigenvalue weighted by atomic mass is 16.7. The van der Waals surface area contributed by atoms with Gasteiger partial charge in [-0.3, -0.25) is 0 Å². The molecule has 1 saturated heterocycles. The van der Waals surface area contributed by atoms with E-state index in [0.717, 1.165) is 13.1 Å². The summed E-state index contributed by atoms with van der Waals surface area (Å²) in [6.07, 6.45) is 2.32. The fourth-order valence-electron chi connectivity index (χ4n) is 1.95. The minimum Gasteiger partial charge on any atom is -0.354 e. The normalized spacial score (nSPS) is 25.3. The van der Waals surface area contributed by atoms with Crippen molar-refractivity contribution in [1.29, 1.82) is 0 Å². The highest BCUT2D eigenvalue weighted by molar-refractivity contribution is 4.78. The SMILES string of the molecule is COC(OC)C(C)NC1CCCNC1. The van der Waals surface area contributed by atoms with Gasteiger partial charge in [-0.05, 0) is 26.3 Å². The first-order chi connectivity index (χ1) is 6.77. The predicted molar refractivity (Wildman–Crippen MR) is 56.3 cm³/mol. The van der Waals surface area contributed by atoms with Gasteiger partial charge in [-0.2, -0.15) is 0 Å². The molecule has 4 heteroatoms. The van der Waals surface area contributed by atoms with E-state index in [2.05, 4.69) is 17.6 Å². The second kappa shape index (κ2) is 6.35. The third-order valence-electron chi connectivity index (χ3n) is 2.67. The van der Waals surface area contributed by atoms with E-state index in [4.69, 9.17) is 9.47 Å². The first kappa shape index (κ1) is 11.9. The second-order valence-corrected chi connectivity index (χ2v) is 3.84. The van der Waals surface area contributed by atoms with Gasteiger partial charge >= 0.3 is 0 Å². The van der Waals surface area contributed by atoms with Crippen molar-refractivity contribution in [3.8, 4) is 0 Å². The number of piperidine rings is 1. The van der Waals surface area contributed by atoms with Gasteiger partial charge < -0.3 is 20.1 Å². The summed E-state index contributed by atoms with van der Waals surface area (Å²) in [6, 6.07) is 0.779. The molecule has 84 valence electrons. The third kappa shape index (κ3) is 3.53. The highest BCUT2D eigenvalue weighted by Gasteiger charge is 2.20. The van der Waals surface area contributed by atoms with E-state index in [9.17, 15) is 0 Å². The molecule has 0 aromatic carbocycles. The lowest BCUT2D eigenvalue weighted by Crippen LogP contribution is -2.50. The Morgan fingerprint density at radius 3 is 2.57 bits per heavy atom. The van der Waals surface area contributed by atoms with Crippen LogP contribution in [0.4, 0.5) is 0 Å². The quantitative estimate of drug-likeness (QED) is 0.631. The Morgan fingerprint density at radius 1 is 1.36 bits per heavy atom. The Hall–Kier alpha value is -0.160. The lowest BCUT2D eigenvalue weighted by molar-refractivity contribution is -0.121. The molecule has 14 heavy (non-hydrogen) atoms. The molecular weight excluding hydrogens is 180 g/mol. The van der Waals surface area contributed by atoms with E-state index in [1.807, 2.05) is 0 Å². The van der Waals surface area contributed by atoms with Crippen LogP contribution in [0, 0.1) is 0 Å². The summed E-state index contributed by atoms with van der Waals surface area (Å²) >= 11 is 0. The van der Waals surface area contributed by atoms with Gasteiger partial charge in [0.05, 0.1) is 6.04 Å². The molecule has 0 aliphatic carbocycles. The van der Waals surface area contributed by atoms with Crippen molar-refractivity contribution in [1.82, 2.24) is 10.6 Å². The molecule has 0 aromatic heterocycles. The fourth-order valence-corrected chi connectivity index (χ4v) is 1.95. The summed E-state index contributed by atoms with van der Waals surface area (Å²) in [5, 5.41) is 6.88. The molecule has 1 aliphatic rings. The molecule has 4 nitrogen and oxygen atoms in total. The van der Waals surface area contributed by atoms with Crippen molar-refractivity contribution < 1.29 is 9.47 Å². The molecule has 0 amide bonds. The van der Waals surface area contributed by atoms with Gasteiger partial charge in [-0.1, -0.05) is 0 Å². The molecule has 0 aromatic rings. The van der Waals surface area contributed by atoms with Gasteiger partial charge in [0, 0.05) is 26.8 Å². The van der Waals surface area contributed by atoms with Crippen LogP contribution >= 0.6 is 0 Å². The van der Waals surface area contributed by atoms with Crippen molar-refractivity contribution in [2.75, 3.05) is 27.3 Å². The number of nitrogens with one attached hydrogen (secondary N) is 2. The number of hydrogen-bond donors (Lipinski definition) is 2. The van der Waals surface area contributed by atoms with E-state index >= 15 is 0 Å². The first-order valence-corrected chi connectivity index (χ1v) is 5.30. The zero-order chi connectivity index (χ0) is 10.4. The summed E-state index contributed by atoms with van der Waals surface area (Å²) in [5.41, 5.74) is 0. The highest BCUT2D eigenvalue weighted by Crippen LogP contribution is 2.05. The zero-order valence-electron chi connectivity index (χ0n) is 9.38. The van der Waals surface area contributed by atoms with Crippen molar-refractivity contribution >= 4 is 0 Å². The summed E-state index contributed by atoms with van der Waals surface area (Å²) in [6.45, 7) is 4.28. The van der Waals surface area contributed by atoms with Crippen LogP contribution in [0.1, 0.15) is 19.8 Å². The van der Waals surface area contributed by atoms with Gasteiger partial charge in [0.25, 0.3) is 0 Å². The van der Waals surface area contributed by atoms with Gasteiger partial charge in [-0.25, -0.2) is 0 Å². The summed E-state index contributed by atoms with van der Waals surface area (Å²) in [7, 11) is 3.34. The van der Waals surface area contributed by atoms with Crippen LogP contribution in [0.15, 0.2) is 0 Å². The molecule has 1 heterocycles. The fraction of sp³-hybridized carbons (Fsp3) is 1.00. The Bertz CT molecular complexity index is 145. The van der Waals surface area contributed by atoms with Crippen LogP contribution in [0.25, 0.3) is 0 Å². The number of rotatable bonds is 5. The molecule has 0 spiro atoms. The minimum atomic E-state index is -0.156.